The summed E-state index contributed by atoms with van der Waals surface area (Å²) in [5, 5.41) is 6.35. The van der Waals surface area contributed by atoms with Gasteiger partial charge in [-0.1, -0.05) is 38.0 Å². The third-order valence-electron chi connectivity index (χ3n) is 6.69. The molecule has 29 heavy (non-hydrogen) atoms. The molecule has 0 unspecified atom stereocenters. The van der Waals surface area contributed by atoms with Crippen molar-refractivity contribution in [2.24, 2.45) is 5.92 Å². The maximum Gasteiger partial charge on any atom is 0.279 e. The Morgan fingerprint density at radius 2 is 1.48 bits per heavy atom. The molecule has 2 amide bonds. The molecule has 2 atom stereocenters. The number of aryl methyl sites for hydroxylation is 2. The molecule has 1 saturated carbocycles. The van der Waals surface area contributed by atoms with E-state index < -0.39 is 0 Å². The summed E-state index contributed by atoms with van der Waals surface area (Å²) in [5.74, 6) is 0.860. The zero-order chi connectivity index (χ0) is 20.8. The number of benzene rings is 1. The van der Waals surface area contributed by atoms with Crippen LogP contribution in [0.15, 0.2) is 18.2 Å². The predicted octanol–water partition coefficient (Wildman–Crippen LogP) is -0.280. The Labute approximate surface area is 175 Å². The number of carbonyl (C=O) groups excluding carboxylic acids is 2. The molecule has 2 aliphatic rings. The topological polar surface area (TPSA) is 67.1 Å². The summed E-state index contributed by atoms with van der Waals surface area (Å²) in [4.78, 5) is 27.6. The van der Waals surface area contributed by atoms with E-state index in [1.54, 1.807) is 0 Å². The van der Waals surface area contributed by atoms with E-state index in [-0.39, 0.29) is 11.8 Å². The van der Waals surface area contributed by atoms with Gasteiger partial charge in [-0.05, 0) is 43.7 Å². The molecule has 0 spiro atoms. The highest BCUT2D eigenvalue weighted by molar-refractivity contribution is 5.93. The highest BCUT2D eigenvalue weighted by Crippen LogP contribution is 2.23. The number of rotatable bonds is 6. The third kappa shape index (κ3) is 6.28. The second-order valence-electron chi connectivity index (χ2n) is 9.10. The summed E-state index contributed by atoms with van der Waals surface area (Å²) in [6, 6.07) is 6.42. The van der Waals surface area contributed by atoms with Crippen LogP contribution < -0.4 is 20.4 Å². The number of amides is 2. The van der Waals surface area contributed by atoms with Gasteiger partial charge in [0.15, 0.2) is 13.1 Å². The van der Waals surface area contributed by atoms with Gasteiger partial charge in [0, 0.05) is 11.7 Å². The third-order valence-corrected chi connectivity index (χ3v) is 6.69. The minimum Gasteiger partial charge on any atom is -0.348 e. The van der Waals surface area contributed by atoms with Gasteiger partial charge >= 0.3 is 0 Å². The molecule has 2 fully saturated rings. The minimum atomic E-state index is 0.0740. The van der Waals surface area contributed by atoms with Gasteiger partial charge in [-0.3, -0.25) is 9.59 Å². The zero-order valence-electron chi connectivity index (χ0n) is 18.3. The SMILES string of the molecule is Cc1cccc(C)c1NC(=O)C[NH+]1CC[NH+](CC(=O)N[C@@H]2CCCC[C@@H]2C)CC1. The van der Waals surface area contributed by atoms with Crippen LogP contribution >= 0.6 is 0 Å². The Hall–Kier alpha value is -1.92. The van der Waals surface area contributed by atoms with Gasteiger partial charge < -0.3 is 20.4 Å². The molecule has 1 saturated heterocycles. The van der Waals surface area contributed by atoms with Crippen molar-refractivity contribution < 1.29 is 19.4 Å². The first-order valence-electron chi connectivity index (χ1n) is 11.2. The lowest BCUT2D eigenvalue weighted by atomic mass is 9.86. The highest BCUT2D eigenvalue weighted by atomic mass is 16.2. The van der Waals surface area contributed by atoms with Crippen LogP contribution in [0.2, 0.25) is 0 Å². The molecule has 6 nitrogen and oxygen atoms in total. The van der Waals surface area contributed by atoms with Gasteiger partial charge in [-0.2, -0.15) is 0 Å². The number of hydrogen-bond acceptors (Lipinski definition) is 2. The Kier molecular flexibility index (Phi) is 7.67. The van der Waals surface area contributed by atoms with Gasteiger partial charge in [0.1, 0.15) is 26.2 Å². The average molecular weight is 403 g/mol. The van der Waals surface area contributed by atoms with Crippen molar-refractivity contribution in [1.82, 2.24) is 5.32 Å². The molecular weight excluding hydrogens is 364 g/mol. The average Bonchev–Trinajstić information content (AvgIpc) is 2.68. The fourth-order valence-electron chi connectivity index (χ4n) is 4.75. The van der Waals surface area contributed by atoms with Crippen LogP contribution in [0.4, 0.5) is 5.69 Å². The van der Waals surface area contributed by atoms with E-state index in [1.165, 1.54) is 29.1 Å². The number of quaternary nitrogens is 2. The normalized spacial score (nSPS) is 27.3. The van der Waals surface area contributed by atoms with Gasteiger partial charge in [-0.25, -0.2) is 0 Å². The Balaban J connectivity index is 1.38. The molecule has 160 valence electrons. The van der Waals surface area contributed by atoms with Crippen molar-refractivity contribution in [1.29, 1.82) is 0 Å². The van der Waals surface area contributed by atoms with Crippen LogP contribution in [-0.4, -0.2) is 57.1 Å². The first-order chi connectivity index (χ1) is 13.9. The number of carbonyl (C=O) groups is 2. The molecule has 1 heterocycles. The molecule has 3 rings (SSSR count). The first kappa shape index (κ1) is 21.8. The van der Waals surface area contributed by atoms with Crippen molar-refractivity contribution >= 4 is 17.5 Å². The van der Waals surface area contributed by atoms with Crippen molar-refractivity contribution in [2.45, 2.75) is 52.5 Å². The summed E-state index contributed by atoms with van der Waals surface area (Å²) in [6.07, 6.45) is 4.87. The molecule has 0 bridgehead atoms. The van der Waals surface area contributed by atoms with E-state index >= 15 is 0 Å². The van der Waals surface area contributed by atoms with Gasteiger partial charge in [-0.15, -0.1) is 0 Å². The van der Waals surface area contributed by atoms with E-state index in [2.05, 4.69) is 17.6 Å². The summed E-state index contributed by atoms with van der Waals surface area (Å²) in [5.41, 5.74) is 3.14. The molecular formula is C23H38N4O2+2. The molecule has 1 aliphatic carbocycles. The Morgan fingerprint density at radius 1 is 0.931 bits per heavy atom. The Bertz CT molecular complexity index is 693. The van der Waals surface area contributed by atoms with Crippen molar-refractivity contribution in [2.75, 3.05) is 44.6 Å². The second kappa shape index (κ2) is 10.2. The van der Waals surface area contributed by atoms with E-state index in [0.29, 0.717) is 25.0 Å². The largest absolute Gasteiger partial charge is 0.348 e. The summed E-state index contributed by atoms with van der Waals surface area (Å²) < 4.78 is 0. The van der Waals surface area contributed by atoms with Crippen LogP contribution in [0.1, 0.15) is 43.7 Å². The van der Waals surface area contributed by atoms with Gasteiger partial charge in [0.25, 0.3) is 11.8 Å². The zero-order valence-corrected chi connectivity index (χ0v) is 18.3. The van der Waals surface area contributed by atoms with E-state index in [9.17, 15) is 9.59 Å². The van der Waals surface area contributed by atoms with Gasteiger partial charge in [0.2, 0.25) is 0 Å². The number of piperazine rings is 1. The predicted molar refractivity (Wildman–Crippen MR) is 115 cm³/mol. The molecule has 1 aromatic rings. The lowest BCUT2D eigenvalue weighted by molar-refractivity contribution is -1.00. The van der Waals surface area contributed by atoms with Crippen LogP contribution in [0.3, 0.4) is 0 Å². The molecule has 0 aromatic heterocycles. The fraction of sp³-hybridized carbons (Fsp3) is 0.652. The monoisotopic (exact) mass is 402 g/mol. The quantitative estimate of drug-likeness (QED) is 0.529. The number of anilines is 1. The van der Waals surface area contributed by atoms with Crippen LogP contribution in [0.5, 0.6) is 0 Å². The maximum absolute atomic E-state index is 12.5. The molecule has 1 aliphatic heterocycles. The minimum absolute atomic E-state index is 0.0740. The maximum atomic E-state index is 12.5. The first-order valence-corrected chi connectivity index (χ1v) is 11.2. The van der Waals surface area contributed by atoms with E-state index in [0.717, 1.165) is 49.4 Å². The molecule has 6 heteroatoms. The van der Waals surface area contributed by atoms with Crippen LogP contribution in [-0.2, 0) is 9.59 Å². The lowest BCUT2D eigenvalue weighted by Gasteiger charge is -2.31. The molecule has 0 radical (unpaired) electrons. The van der Waals surface area contributed by atoms with E-state index in [4.69, 9.17) is 0 Å². The Morgan fingerprint density at radius 3 is 2.07 bits per heavy atom. The second-order valence-corrected chi connectivity index (χ2v) is 9.10. The summed E-state index contributed by atoms with van der Waals surface area (Å²) in [6.45, 7) is 11.1. The lowest BCUT2D eigenvalue weighted by Crippen LogP contribution is -3.28. The number of hydrogen-bond donors (Lipinski definition) is 4. The smallest absolute Gasteiger partial charge is 0.279 e. The number of nitrogens with one attached hydrogen (secondary N) is 4. The molecule has 1 aromatic carbocycles. The van der Waals surface area contributed by atoms with Crippen molar-refractivity contribution in [3.05, 3.63) is 29.3 Å². The molecule has 4 N–H and O–H groups in total. The van der Waals surface area contributed by atoms with Crippen molar-refractivity contribution in [3.8, 4) is 0 Å². The van der Waals surface area contributed by atoms with Crippen LogP contribution in [0.25, 0.3) is 0 Å². The van der Waals surface area contributed by atoms with Crippen molar-refractivity contribution in [3.63, 3.8) is 0 Å². The summed E-state index contributed by atoms with van der Waals surface area (Å²) in [7, 11) is 0. The standard InChI is InChI=1S/C23H36N4O2/c1-17-7-4-5-10-20(17)24-21(28)15-26-11-13-27(14-12-26)16-22(29)25-23-18(2)8-6-9-19(23)3/h6,8-9,17,20H,4-5,7,10-16H2,1-3H3,(H,24,28)(H,25,29)/p+2/t17-,20+/m0/s1. The van der Waals surface area contributed by atoms with E-state index in [1.807, 2.05) is 32.0 Å². The highest BCUT2D eigenvalue weighted by Gasteiger charge is 2.28. The number of para-hydroxylation sites is 1. The van der Waals surface area contributed by atoms with Gasteiger partial charge in [0.05, 0.1) is 0 Å². The fourth-order valence-corrected chi connectivity index (χ4v) is 4.75. The van der Waals surface area contributed by atoms with Crippen LogP contribution in [0, 0.1) is 19.8 Å². The summed E-state index contributed by atoms with van der Waals surface area (Å²) >= 11 is 0.